The molecule has 0 aromatic heterocycles. The molecule has 0 aliphatic rings. The minimum absolute atomic E-state index is 0.0388. The molecule has 16 heavy (non-hydrogen) atoms. The Kier molecular flexibility index (Phi) is 8.11. The first-order chi connectivity index (χ1) is 7.56. The van der Waals surface area contributed by atoms with Crippen molar-refractivity contribution in [3.63, 3.8) is 0 Å². The number of rotatable bonds is 8. The van der Waals surface area contributed by atoms with Crippen LogP contribution in [0.2, 0.25) is 0 Å². The van der Waals surface area contributed by atoms with Crippen LogP contribution in [0.4, 0.5) is 0 Å². The molecule has 92 valence electrons. The molecule has 0 atom stereocenters. The van der Waals surface area contributed by atoms with Crippen molar-refractivity contribution in [3.05, 3.63) is 0 Å². The Bertz CT molecular complexity index is 247. The fraction of sp³-hybridized carbons (Fsp3) is 0.727. The number of esters is 2. The number of ether oxygens (including phenoxy) is 1. The van der Waals surface area contributed by atoms with E-state index >= 15 is 0 Å². The van der Waals surface area contributed by atoms with Gasteiger partial charge in [0, 0.05) is 19.3 Å². The smallest absolute Gasteiger partial charge is 0.313 e. The molecule has 0 saturated carbocycles. The maximum absolute atomic E-state index is 11.1. The van der Waals surface area contributed by atoms with E-state index in [4.69, 9.17) is 5.11 Å². The molecule has 0 rings (SSSR count). The van der Waals surface area contributed by atoms with Crippen LogP contribution in [0.1, 0.15) is 51.9 Å². The number of carboxylic acid groups (broad SMARTS) is 1. The predicted molar refractivity (Wildman–Crippen MR) is 56.7 cm³/mol. The van der Waals surface area contributed by atoms with Crippen LogP contribution in [0.25, 0.3) is 0 Å². The van der Waals surface area contributed by atoms with Gasteiger partial charge in [0.2, 0.25) is 0 Å². The lowest BCUT2D eigenvalue weighted by Crippen LogP contribution is -2.11. The second-order valence-electron chi connectivity index (χ2n) is 3.55. The molecule has 5 heteroatoms. The third-order valence-corrected chi connectivity index (χ3v) is 1.98. The summed E-state index contributed by atoms with van der Waals surface area (Å²) >= 11 is 0. The van der Waals surface area contributed by atoms with Gasteiger partial charge in [0.25, 0.3) is 0 Å². The minimum atomic E-state index is -0.882. The number of unbranched alkanes of at least 4 members (excludes halogenated alkanes) is 2. The Labute approximate surface area is 94.8 Å². The van der Waals surface area contributed by atoms with Crippen molar-refractivity contribution in [1.29, 1.82) is 0 Å². The molecule has 0 bridgehead atoms. The van der Waals surface area contributed by atoms with Gasteiger partial charge in [0.05, 0.1) is 0 Å². The molecule has 1 N–H and O–H groups in total. The molecule has 0 spiro atoms. The van der Waals surface area contributed by atoms with Gasteiger partial charge in [-0.05, 0) is 19.3 Å². The van der Waals surface area contributed by atoms with Crippen LogP contribution in [-0.4, -0.2) is 23.0 Å². The van der Waals surface area contributed by atoms with Gasteiger partial charge in [-0.3, -0.25) is 14.4 Å². The Morgan fingerprint density at radius 2 is 1.44 bits per heavy atom. The highest BCUT2D eigenvalue weighted by Gasteiger charge is 2.09. The van der Waals surface area contributed by atoms with Crippen molar-refractivity contribution in [2.45, 2.75) is 51.9 Å². The van der Waals surface area contributed by atoms with E-state index in [0.717, 1.165) is 6.42 Å². The summed E-state index contributed by atoms with van der Waals surface area (Å²) in [6.07, 6.45) is 2.85. The molecule has 0 unspecified atom stereocenters. The average molecular weight is 230 g/mol. The zero-order valence-corrected chi connectivity index (χ0v) is 9.53. The fourth-order valence-electron chi connectivity index (χ4n) is 1.10. The molecule has 0 aromatic carbocycles. The quantitative estimate of drug-likeness (QED) is 0.391. The molecule has 0 amide bonds. The third-order valence-electron chi connectivity index (χ3n) is 1.98. The van der Waals surface area contributed by atoms with Crippen LogP contribution in [-0.2, 0) is 19.1 Å². The van der Waals surface area contributed by atoms with Crippen molar-refractivity contribution in [2.24, 2.45) is 0 Å². The van der Waals surface area contributed by atoms with Crippen molar-refractivity contribution >= 4 is 17.9 Å². The Balaban J connectivity index is 3.50. The summed E-state index contributed by atoms with van der Waals surface area (Å²) in [6.45, 7) is 1.95. The van der Waals surface area contributed by atoms with Gasteiger partial charge in [0.15, 0.2) is 0 Å². The van der Waals surface area contributed by atoms with E-state index in [2.05, 4.69) is 4.74 Å². The molecule has 0 saturated heterocycles. The van der Waals surface area contributed by atoms with Gasteiger partial charge in [0.1, 0.15) is 0 Å². The lowest BCUT2D eigenvalue weighted by molar-refractivity contribution is -0.160. The maximum atomic E-state index is 11.1. The Morgan fingerprint density at radius 3 is 1.94 bits per heavy atom. The van der Waals surface area contributed by atoms with Gasteiger partial charge >= 0.3 is 17.9 Å². The zero-order valence-electron chi connectivity index (χ0n) is 9.53. The molecule has 5 nitrogen and oxygen atoms in total. The topological polar surface area (TPSA) is 80.7 Å². The number of hydrogen-bond acceptors (Lipinski definition) is 4. The lowest BCUT2D eigenvalue weighted by atomic mass is 10.2. The van der Waals surface area contributed by atoms with Crippen LogP contribution in [0.3, 0.4) is 0 Å². The normalized spacial score (nSPS) is 9.81. The summed E-state index contributed by atoms with van der Waals surface area (Å²) in [5.41, 5.74) is 0. The third kappa shape index (κ3) is 9.18. The minimum Gasteiger partial charge on any atom is -0.481 e. The summed E-state index contributed by atoms with van der Waals surface area (Å²) < 4.78 is 4.53. The van der Waals surface area contributed by atoms with Crippen LogP contribution < -0.4 is 0 Å². The van der Waals surface area contributed by atoms with Crippen LogP contribution in [0.5, 0.6) is 0 Å². The molecule has 0 aromatic rings. The van der Waals surface area contributed by atoms with Gasteiger partial charge < -0.3 is 9.84 Å². The highest BCUT2D eigenvalue weighted by molar-refractivity contribution is 5.85. The lowest BCUT2D eigenvalue weighted by Gasteiger charge is -2.01. The number of aliphatic carboxylic acids is 1. The van der Waals surface area contributed by atoms with Crippen LogP contribution in [0, 0.1) is 0 Å². The van der Waals surface area contributed by atoms with Crippen LogP contribution in [0.15, 0.2) is 0 Å². The second kappa shape index (κ2) is 8.88. The van der Waals surface area contributed by atoms with Gasteiger partial charge in [-0.25, -0.2) is 0 Å². The van der Waals surface area contributed by atoms with Crippen molar-refractivity contribution in [3.8, 4) is 0 Å². The van der Waals surface area contributed by atoms with E-state index in [-0.39, 0.29) is 19.3 Å². The molecule has 0 heterocycles. The zero-order chi connectivity index (χ0) is 12.4. The SMILES string of the molecule is CCCCC(=O)OC(=O)CCCCC(=O)O. The standard InChI is InChI=1S/C11H18O5/c1-2-3-7-10(14)16-11(15)8-5-4-6-9(12)13/h2-8H2,1H3,(H,12,13). The molecule has 0 fully saturated rings. The summed E-state index contributed by atoms with van der Waals surface area (Å²) in [6, 6.07) is 0. The van der Waals surface area contributed by atoms with E-state index < -0.39 is 17.9 Å². The first-order valence-corrected chi connectivity index (χ1v) is 5.51. The van der Waals surface area contributed by atoms with Crippen molar-refractivity contribution in [2.75, 3.05) is 0 Å². The number of carbonyl (C=O) groups is 3. The number of carboxylic acids is 1. The van der Waals surface area contributed by atoms with Crippen molar-refractivity contribution < 1.29 is 24.2 Å². The molecule has 0 aliphatic carbocycles. The highest BCUT2D eigenvalue weighted by Crippen LogP contribution is 2.03. The largest absolute Gasteiger partial charge is 0.481 e. The summed E-state index contributed by atoms with van der Waals surface area (Å²) in [5, 5.41) is 8.35. The Morgan fingerprint density at radius 1 is 0.938 bits per heavy atom. The van der Waals surface area contributed by atoms with Crippen molar-refractivity contribution in [1.82, 2.24) is 0 Å². The number of carbonyl (C=O) groups excluding carboxylic acids is 2. The monoisotopic (exact) mass is 230 g/mol. The van der Waals surface area contributed by atoms with Gasteiger partial charge in [-0.2, -0.15) is 0 Å². The predicted octanol–water partition coefficient (Wildman–Crippen LogP) is 1.89. The van der Waals surface area contributed by atoms with E-state index in [0.29, 0.717) is 19.3 Å². The maximum Gasteiger partial charge on any atom is 0.313 e. The van der Waals surface area contributed by atoms with E-state index in [1.165, 1.54) is 0 Å². The van der Waals surface area contributed by atoms with Crippen LogP contribution >= 0.6 is 0 Å². The van der Waals surface area contributed by atoms with E-state index in [9.17, 15) is 14.4 Å². The highest BCUT2D eigenvalue weighted by atomic mass is 16.6. The first kappa shape index (κ1) is 14.6. The molecular weight excluding hydrogens is 212 g/mol. The van der Waals surface area contributed by atoms with Gasteiger partial charge in [-0.1, -0.05) is 13.3 Å². The van der Waals surface area contributed by atoms with Gasteiger partial charge in [-0.15, -0.1) is 0 Å². The molecule has 0 radical (unpaired) electrons. The molecule has 0 aliphatic heterocycles. The van der Waals surface area contributed by atoms with E-state index in [1.807, 2.05) is 6.92 Å². The average Bonchev–Trinajstić information content (AvgIpc) is 2.21. The summed E-state index contributed by atoms with van der Waals surface area (Å²) in [7, 11) is 0. The summed E-state index contributed by atoms with van der Waals surface area (Å²) in [5.74, 6) is -1.94. The first-order valence-electron chi connectivity index (χ1n) is 5.51. The number of hydrogen-bond donors (Lipinski definition) is 1. The second-order valence-corrected chi connectivity index (χ2v) is 3.55. The summed E-state index contributed by atoms with van der Waals surface area (Å²) in [4.78, 5) is 32.3. The van der Waals surface area contributed by atoms with E-state index in [1.54, 1.807) is 0 Å². The molecular formula is C11H18O5. The Hall–Kier alpha value is -1.39. The fourth-order valence-corrected chi connectivity index (χ4v) is 1.10.